The summed E-state index contributed by atoms with van der Waals surface area (Å²) in [4.78, 5) is 62.2. The number of aryl methyl sites for hydroxylation is 1. The van der Waals surface area contributed by atoms with Gasteiger partial charge in [0.25, 0.3) is 11.5 Å². The molecule has 1 fully saturated rings. The molecule has 1 N–H and O–H groups in total. The summed E-state index contributed by atoms with van der Waals surface area (Å²) < 4.78 is 16.8. The van der Waals surface area contributed by atoms with Crippen molar-refractivity contribution < 1.29 is 14.0 Å². The van der Waals surface area contributed by atoms with Gasteiger partial charge in [0.1, 0.15) is 18.2 Å². The molecule has 3 aromatic heterocycles. The summed E-state index contributed by atoms with van der Waals surface area (Å²) >= 11 is 0. The van der Waals surface area contributed by atoms with E-state index in [0.717, 1.165) is 10.3 Å². The van der Waals surface area contributed by atoms with E-state index in [-0.39, 0.29) is 29.4 Å². The molecule has 0 radical (unpaired) electrons. The number of aromatic nitrogens is 5. The molecule has 0 spiro atoms. The molecular weight excluding hydrogens is 495 g/mol. The maximum atomic E-state index is 13.1. The van der Waals surface area contributed by atoms with Gasteiger partial charge in [0.2, 0.25) is 5.91 Å². The number of carbonyl (C=O) groups is 2. The molecule has 196 valence electrons. The SMILES string of the molecule is Cn1c(=O)c2c(ncn2CC(=O)Nc2ccc(N3CCN(C(=O)c4ccc(F)cc4)CC3)cn2)n(C)c1=O. The third kappa shape index (κ3) is 4.65. The molecule has 5 rings (SSSR count). The average molecular weight is 521 g/mol. The lowest BCUT2D eigenvalue weighted by molar-refractivity contribution is -0.116. The van der Waals surface area contributed by atoms with Crippen LogP contribution in [0.3, 0.4) is 0 Å². The highest BCUT2D eigenvalue weighted by atomic mass is 19.1. The van der Waals surface area contributed by atoms with Crippen LogP contribution in [-0.2, 0) is 25.4 Å². The molecule has 0 atom stereocenters. The van der Waals surface area contributed by atoms with Crippen LogP contribution in [0.1, 0.15) is 10.4 Å². The number of rotatable bonds is 5. The number of imidazole rings is 1. The van der Waals surface area contributed by atoms with Crippen LogP contribution < -0.4 is 21.5 Å². The molecule has 2 amide bonds. The number of amides is 2. The Hall–Kier alpha value is -4.81. The number of anilines is 2. The Bertz CT molecular complexity index is 1630. The molecule has 12 nitrogen and oxygen atoms in total. The maximum Gasteiger partial charge on any atom is 0.332 e. The van der Waals surface area contributed by atoms with Crippen LogP contribution in [0.25, 0.3) is 11.2 Å². The zero-order valence-electron chi connectivity index (χ0n) is 20.8. The Labute approximate surface area is 215 Å². The molecular formula is C25H25FN8O4. The average Bonchev–Trinajstić information content (AvgIpc) is 3.34. The monoisotopic (exact) mass is 520 g/mol. The Morgan fingerprint density at radius 1 is 0.947 bits per heavy atom. The molecule has 1 aliphatic rings. The van der Waals surface area contributed by atoms with Gasteiger partial charge in [-0.05, 0) is 36.4 Å². The summed E-state index contributed by atoms with van der Waals surface area (Å²) in [6.07, 6.45) is 2.99. The molecule has 13 heteroatoms. The normalized spacial score (nSPS) is 13.7. The quantitative estimate of drug-likeness (QED) is 0.408. The Balaban J connectivity index is 1.19. The second kappa shape index (κ2) is 9.92. The lowest BCUT2D eigenvalue weighted by Crippen LogP contribution is -2.48. The number of nitrogens with one attached hydrogen (secondary N) is 1. The third-order valence-corrected chi connectivity index (χ3v) is 6.57. The Morgan fingerprint density at radius 3 is 2.32 bits per heavy atom. The molecule has 0 aliphatic carbocycles. The Kier molecular flexibility index (Phi) is 6.49. The van der Waals surface area contributed by atoms with Crippen LogP contribution in [0.5, 0.6) is 0 Å². The van der Waals surface area contributed by atoms with Crippen LogP contribution >= 0.6 is 0 Å². The van der Waals surface area contributed by atoms with Gasteiger partial charge in [-0.3, -0.25) is 23.5 Å². The first-order valence-corrected chi connectivity index (χ1v) is 11.9. The first kappa shape index (κ1) is 24.9. The Morgan fingerprint density at radius 2 is 1.66 bits per heavy atom. The number of benzene rings is 1. The minimum absolute atomic E-state index is 0.133. The molecule has 1 saturated heterocycles. The number of piperazine rings is 1. The standard InChI is InChI=1S/C25H25FN8O4/c1-30-22-21(24(37)31(2)25(30)38)34(15-28-22)14-20(35)29-19-8-7-18(13-27-19)32-9-11-33(12-10-32)23(36)16-3-5-17(26)6-4-16/h3-8,13,15H,9-12,14H2,1-2H3,(H,27,29,35). The van der Waals surface area contributed by atoms with E-state index in [1.54, 1.807) is 17.2 Å². The molecule has 0 bridgehead atoms. The first-order chi connectivity index (χ1) is 18.2. The largest absolute Gasteiger partial charge is 0.367 e. The molecule has 1 aliphatic heterocycles. The van der Waals surface area contributed by atoms with E-state index in [1.165, 1.54) is 53.8 Å². The van der Waals surface area contributed by atoms with E-state index in [1.807, 2.05) is 6.07 Å². The van der Waals surface area contributed by atoms with Crippen LogP contribution in [0.4, 0.5) is 15.9 Å². The van der Waals surface area contributed by atoms with E-state index in [9.17, 15) is 23.6 Å². The number of pyridine rings is 1. The highest BCUT2D eigenvalue weighted by Gasteiger charge is 2.23. The number of nitrogens with zero attached hydrogens (tertiary/aromatic N) is 7. The summed E-state index contributed by atoms with van der Waals surface area (Å²) in [5, 5.41) is 2.71. The minimum atomic E-state index is -0.532. The molecule has 0 unspecified atom stereocenters. The van der Waals surface area contributed by atoms with Crippen molar-refractivity contribution in [2.24, 2.45) is 14.1 Å². The van der Waals surface area contributed by atoms with E-state index < -0.39 is 17.2 Å². The summed E-state index contributed by atoms with van der Waals surface area (Å²) in [5.74, 6) is -0.582. The summed E-state index contributed by atoms with van der Waals surface area (Å²) in [6.45, 7) is 2.05. The molecule has 1 aromatic carbocycles. The van der Waals surface area contributed by atoms with Crippen LogP contribution in [-0.4, -0.2) is 66.6 Å². The summed E-state index contributed by atoms with van der Waals surface area (Å²) in [7, 11) is 2.88. The van der Waals surface area contributed by atoms with Crippen molar-refractivity contribution in [3.8, 4) is 0 Å². The topological polar surface area (TPSA) is 127 Å². The van der Waals surface area contributed by atoms with E-state index >= 15 is 0 Å². The predicted octanol–water partition coefficient (Wildman–Crippen LogP) is 0.569. The fourth-order valence-electron chi connectivity index (χ4n) is 4.44. The number of halogens is 1. The lowest BCUT2D eigenvalue weighted by Gasteiger charge is -2.36. The highest BCUT2D eigenvalue weighted by molar-refractivity contribution is 5.94. The smallest absolute Gasteiger partial charge is 0.332 e. The highest BCUT2D eigenvalue weighted by Crippen LogP contribution is 2.18. The number of fused-ring (bicyclic) bond motifs is 1. The first-order valence-electron chi connectivity index (χ1n) is 11.9. The van der Waals surface area contributed by atoms with Crippen molar-refractivity contribution in [1.29, 1.82) is 0 Å². The van der Waals surface area contributed by atoms with Crippen molar-refractivity contribution in [1.82, 2.24) is 28.6 Å². The van der Waals surface area contributed by atoms with Crippen LogP contribution in [0.2, 0.25) is 0 Å². The van der Waals surface area contributed by atoms with Crippen molar-refractivity contribution in [2.45, 2.75) is 6.54 Å². The van der Waals surface area contributed by atoms with Crippen molar-refractivity contribution in [2.75, 3.05) is 36.4 Å². The van der Waals surface area contributed by atoms with Crippen LogP contribution in [0.15, 0.2) is 58.5 Å². The molecule has 4 heterocycles. The van der Waals surface area contributed by atoms with Crippen LogP contribution in [0, 0.1) is 5.82 Å². The van der Waals surface area contributed by atoms with Gasteiger partial charge in [-0.15, -0.1) is 0 Å². The van der Waals surface area contributed by atoms with E-state index in [0.29, 0.717) is 37.6 Å². The second-order valence-electron chi connectivity index (χ2n) is 8.99. The second-order valence-corrected chi connectivity index (χ2v) is 8.99. The number of carbonyl (C=O) groups excluding carboxylic acids is 2. The van der Waals surface area contributed by atoms with Gasteiger partial charge in [0.05, 0.1) is 18.2 Å². The predicted molar refractivity (Wildman–Crippen MR) is 138 cm³/mol. The fourth-order valence-corrected chi connectivity index (χ4v) is 4.44. The fraction of sp³-hybridized carbons (Fsp3) is 0.280. The van der Waals surface area contributed by atoms with Crippen molar-refractivity contribution in [3.63, 3.8) is 0 Å². The zero-order valence-corrected chi connectivity index (χ0v) is 20.8. The van der Waals surface area contributed by atoms with Gasteiger partial charge in [-0.1, -0.05) is 0 Å². The van der Waals surface area contributed by atoms with E-state index in [4.69, 9.17) is 0 Å². The molecule has 38 heavy (non-hydrogen) atoms. The van der Waals surface area contributed by atoms with Gasteiger partial charge >= 0.3 is 5.69 Å². The third-order valence-electron chi connectivity index (χ3n) is 6.57. The lowest BCUT2D eigenvalue weighted by atomic mass is 10.1. The summed E-state index contributed by atoms with van der Waals surface area (Å²) in [6, 6.07) is 9.03. The minimum Gasteiger partial charge on any atom is -0.367 e. The molecule has 4 aromatic rings. The van der Waals surface area contributed by atoms with Gasteiger partial charge < -0.3 is 19.7 Å². The van der Waals surface area contributed by atoms with Gasteiger partial charge in [0, 0.05) is 45.8 Å². The van der Waals surface area contributed by atoms with Crippen molar-refractivity contribution in [3.05, 3.63) is 81.1 Å². The maximum absolute atomic E-state index is 13.1. The van der Waals surface area contributed by atoms with Crippen molar-refractivity contribution >= 4 is 34.5 Å². The summed E-state index contributed by atoms with van der Waals surface area (Å²) in [5.41, 5.74) is 0.632. The number of hydrogen-bond acceptors (Lipinski definition) is 7. The van der Waals surface area contributed by atoms with E-state index in [2.05, 4.69) is 20.2 Å². The number of hydrogen-bond donors (Lipinski definition) is 1. The van der Waals surface area contributed by atoms with Gasteiger partial charge in [-0.2, -0.15) is 0 Å². The van der Waals surface area contributed by atoms with Gasteiger partial charge in [-0.25, -0.2) is 19.2 Å². The van der Waals surface area contributed by atoms with Gasteiger partial charge in [0.15, 0.2) is 11.2 Å². The molecule has 0 saturated carbocycles. The zero-order chi connectivity index (χ0) is 27.0.